The molecule has 9 heteroatoms. The van der Waals surface area contributed by atoms with Crippen LogP contribution in [0.25, 0.3) is 0 Å². The summed E-state index contributed by atoms with van der Waals surface area (Å²) >= 11 is 3.41. The number of hydrazone groups is 1. The normalized spacial score (nSPS) is 11.8. The van der Waals surface area contributed by atoms with Gasteiger partial charge >= 0.3 is 0 Å². The summed E-state index contributed by atoms with van der Waals surface area (Å²) in [5.41, 5.74) is 3.69. The lowest BCUT2D eigenvalue weighted by molar-refractivity contribution is -0.134. The van der Waals surface area contributed by atoms with Crippen molar-refractivity contribution in [2.45, 2.75) is 13.8 Å². The van der Waals surface area contributed by atoms with Crippen LogP contribution in [0.4, 0.5) is 5.69 Å². The van der Waals surface area contributed by atoms with Crippen molar-refractivity contribution in [3.8, 4) is 17.2 Å². The number of nitrogens with zero attached hydrogens (tertiary/aromatic N) is 1. The third-order valence-corrected chi connectivity index (χ3v) is 5.02. The predicted octanol–water partition coefficient (Wildman–Crippen LogP) is 3.84. The second-order valence-corrected chi connectivity index (χ2v) is 7.77. The molecule has 31 heavy (non-hydrogen) atoms. The highest BCUT2D eigenvalue weighted by Gasteiger charge is 2.30. The number of benzene rings is 2. The zero-order chi connectivity index (χ0) is 23.0. The SMILES string of the molecule is COc1ccc(NC(=O)C(C(=O)NN=Cc2cc(Br)c(OC)c(OC)c2)C(C)C)cc1. The van der Waals surface area contributed by atoms with Crippen LogP contribution in [-0.4, -0.2) is 39.4 Å². The molecular weight excluding hydrogens is 466 g/mol. The van der Waals surface area contributed by atoms with Crippen molar-refractivity contribution in [1.29, 1.82) is 0 Å². The highest BCUT2D eigenvalue weighted by atomic mass is 79.9. The van der Waals surface area contributed by atoms with Gasteiger partial charge in [0.25, 0.3) is 5.91 Å². The second-order valence-electron chi connectivity index (χ2n) is 6.91. The van der Waals surface area contributed by atoms with Crippen molar-refractivity contribution in [3.05, 3.63) is 46.4 Å². The van der Waals surface area contributed by atoms with Gasteiger partial charge in [-0.25, -0.2) is 5.43 Å². The quantitative estimate of drug-likeness (QED) is 0.315. The molecule has 0 saturated carbocycles. The van der Waals surface area contributed by atoms with Crippen molar-refractivity contribution < 1.29 is 23.8 Å². The van der Waals surface area contributed by atoms with Crippen LogP contribution in [0, 0.1) is 11.8 Å². The Morgan fingerprint density at radius 1 is 1.00 bits per heavy atom. The molecule has 0 fully saturated rings. The van der Waals surface area contributed by atoms with Gasteiger partial charge < -0.3 is 19.5 Å². The summed E-state index contributed by atoms with van der Waals surface area (Å²) in [4.78, 5) is 25.3. The third kappa shape index (κ3) is 6.45. The standard InChI is InChI=1S/C22H26BrN3O5/c1-13(2)19(21(27)25-15-6-8-16(29-3)9-7-15)22(28)26-24-12-14-10-17(23)20(31-5)18(11-14)30-4/h6-13,19H,1-5H3,(H,25,27)(H,26,28). The van der Waals surface area contributed by atoms with Gasteiger partial charge in [0.15, 0.2) is 11.5 Å². The lowest BCUT2D eigenvalue weighted by atomic mass is 9.94. The van der Waals surface area contributed by atoms with E-state index in [0.29, 0.717) is 33.0 Å². The number of carbonyl (C=O) groups excluding carboxylic acids is 2. The fourth-order valence-corrected chi connectivity index (χ4v) is 3.49. The number of ether oxygens (including phenoxy) is 3. The number of halogens is 1. The molecule has 0 heterocycles. The summed E-state index contributed by atoms with van der Waals surface area (Å²) in [7, 11) is 4.63. The van der Waals surface area contributed by atoms with E-state index >= 15 is 0 Å². The Labute approximate surface area is 190 Å². The Hall–Kier alpha value is -3.07. The minimum Gasteiger partial charge on any atom is -0.497 e. The van der Waals surface area contributed by atoms with Gasteiger partial charge in [-0.2, -0.15) is 5.10 Å². The molecule has 2 N–H and O–H groups in total. The van der Waals surface area contributed by atoms with Crippen LogP contribution in [0.15, 0.2) is 46.0 Å². The molecule has 0 radical (unpaired) electrons. The van der Waals surface area contributed by atoms with Gasteiger partial charge in [0.2, 0.25) is 5.91 Å². The van der Waals surface area contributed by atoms with E-state index < -0.39 is 17.7 Å². The molecule has 2 aromatic carbocycles. The number of hydrogen-bond donors (Lipinski definition) is 2. The van der Waals surface area contributed by atoms with Gasteiger partial charge in [-0.3, -0.25) is 9.59 Å². The lowest BCUT2D eigenvalue weighted by Gasteiger charge is -2.18. The molecule has 0 saturated heterocycles. The number of nitrogens with one attached hydrogen (secondary N) is 2. The zero-order valence-electron chi connectivity index (χ0n) is 18.1. The average molecular weight is 492 g/mol. The fourth-order valence-electron chi connectivity index (χ4n) is 2.87. The fraction of sp³-hybridized carbons (Fsp3) is 0.318. The molecule has 0 bridgehead atoms. The Bertz CT molecular complexity index is 945. The Morgan fingerprint density at radius 2 is 1.68 bits per heavy atom. The third-order valence-electron chi connectivity index (χ3n) is 4.43. The predicted molar refractivity (Wildman–Crippen MR) is 123 cm³/mol. The first kappa shape index (κ1) is 24.2. The molecule has 0 aliphatic rings. The van der Waals surface area contributed by atoms with Crippen LogP contribution >= 0.6 is 15.9 Å². The van der Waals surface area contributed by atoms with E-state index in [1.807, 2.05) is 0 Å². The summed E-state index contributed by atoms with van der Waals surface area (Å²) in [6.07, 6.45) is 1.46. The number of anilines is 1. The Morgan fingerprint density at radius 3 is 2.23 bits per heavy atom. The first-order chi connectivity index (χ1) is 14.8. The largest absolute Gasteiger partial charge is 0.497 e. The van der Waals surface area contributed by atoms with Gasteiger partial charge in [-0.1, -0.05) is 13.8 Å². The van der Waals surface area contributed by atoms with E-state index in [1.165, 1.54) is 13.3 Å². The zero-order valence-corrected chi connectivity index (χ0v) is 19.6. The van der Waals surface area contributed by atoms with E-state index in [-0.39, 0.29) is 5.92 Å². The molecule has 2 aromatic rings. The molecule has 1 atom stereocenters. The van der Waals surface area contributed by atoms with E-state index in [2.05, 4.69) is 31.8 Å². The first-order valence-corrected chi connectivity index (χ1v) is 10.3. The summed E-state index contributed by atoms with van der Waals surface area (Å²) in [6.45, 7) is 3.60. The number of amides is 2. The van der Waals surface area contributed by atoms with E-state index in [0.717, 1.165) is 0 Å². The smallest absolute Gasteiger partial charge is 0.252 e. The molecule has 0 spiro atoms. The summed E-state index contributed by atoms with van der Waals surface area (Å²) in [6, 6.07) is 10.4. The van der Waals surface area contributed by atoms with Gasteiger partial charge in [-0.15, -0.1) is 0 Å². The van der Waals surface area contributed by atoms with Crippen molar-refractivity contribution in [2.24, 2.45) is 16.9 Å². The summed E-state index contributed by atoms with van der Waals surface area (Å²) in [5.74, 6) is -0.326. The van der Waals surface area contributed by atoms with Crippen molar-refractivity contribution in [1.82, 2.24) is 5.43 Å². The summed E-state index contributed by atoms with van der Waals surface area (Å²) in [5, 5.41) is 6.75. The van der Waals surface area contributed by atoms with Crippen LogP contribution in [-0.2, 0) is 9.59 Å². The molecule has 8 nitrogen and oxygen atoms in total. The maximum absolute atomic E-state index is 12.7. The van der Waals surface area contributed by atoms with Crippen LogP contribution in [0.3, 0.4) is 0 Å². The highest BCUT2D eigenvalue weighted by molar-refractivity contribution is 9.10. The second kappa shape index (κ2) is 11.4. The molecule has 0 aliphatic heterocycles. The molecule has 166 valence electrons. The van der Waals surface area contributed by atoms with Gasteiger partial charge in [0, 0.05) is 5.69 Å². The molecule has 2 amide bonds. The van der Waals surface area contributed by atoms with Crippen molar-refractivity contribution in [2.75, 3.05) is 26.6 Å². The monoisotopic (exact) mass is 491 g/mol. The van der Waals surface area contributed by atoms with Gasteiger partial charge in [-0.05, 0) is 63.8 Å². The van der Waals surface area contributed by atoms with E-state index in [9.17, 15) is 9.59 Å². The van der Waals surface area contributed by atoms with Crippen LogP contribution in [0.2, 0.25) is 0 Å². The lowest BCUT2D eigenvalue weighted by Crippen LogP contribution is -2.39. The molecule has 1 unspecified atom stereocenters. The molecule has 0 aliphatic carbocycles. The number of carbonyl (C=O) groups is 2. The Balaban J connectivity index is 2.08. The van der Waals surface area contributed by atoms with Gasteiger partial charge in [0.05, 0.1) is 32.0 Å². The first-order valence-electron chi connectivity index (χ1n) is 9.50. The maximum Gasteiger partial charge on any atom is 0.252 e. The Kier molecular flexibility index (Phi) is 8.87. The van der Waals surface area contributed by atoms with Crippen molar-refractivity contribution >= 4 is 39.6 Å². The average Bonchev–Trinajstić information content (AvgIpc) is 2.73. The highest BCUT2D eigenvalue weighted by Crippen LogP contribution is 2.35. The van der Waals surface area contributed by atoms with Crippen LogP contribution < -0.4 is 25.0 Å². The minimum atomic E-state index is -0.920. The molecular formula is C22H26BrN3O5. The van der Waals surface area contributed by atoms with E-state index in [1.54, 1.807) is 64.5 Å². The van der Waals surface area contributed by atoms with E-state index in [4.69, 9.17) is 14.2 Å². The number of methoxy groups -OCH3 is 3. The maximum atomic E-state index is 12.7. The van der Waals surface area contributed by atoms with Crippen LogP contribution in [0.5, 0.6) is 17.2 Å². The van der Waals surface area contributed by atoms with Gasteiger partial charge in [0.1, 0.15) is 11.7 Å². The van der Waals surface area contributed by atoms with Crippen molar-refractivity contribution in [3.63, 3.8) is 0 Å². The number of rotatable bonds is 9. The molecule has 2 rings (SSSR count). The molecule has 0 aromatic heterocycles. The minimum absolute atomic E-state index is 0.233. The summed E-state index contributed by atoms with van der Waals surface area (Å²) < 4.78 is 16.4. The topological polar surface area (TPSA) is 98.2 Å². The van der Waals surface area contributed by atoms with Crippen LogP contribution in [0.1, 0.15) is 19.4 Å². The number of hydrogen-bond acceptors (Lipinski definition) is 6.